The summed E-state index contributed by atoms with van der Waals surface area (Å²) in [6.07, 6.45) is 1.03. The summed E-state index contributed by atoms with van der Waals surface area (Å²) in [6, 6.07) is 17.3. The van der Waals surface area contributed by atoms with E-state index in [-0.39, 0.29) is 24.5 Å². The Labute approximate surface area is 180 Å². The van der Waals surface area contributed by atoms with Gasteiger partial charge in [-0.25, -0.2) is 0 Å². The SMILES string of the molecule is CC(C)Cc1ccc(C(NC(=O)c2ccc3c(c2)OCC(=O)N3)c2cccs2)cc1. The van der Waals surface area contributed by atoms with E-state index < -0.39 is 0 Å². The third-order valence-electron chi connectivity index (χ3n) is 4.94. The van der Waals surface area contributed by atoms with Crippen molar-refractivity contribution in [3.63, 3.8) is 0 Å². The topological polar surface area (TPSA) is 67.4 Å². The van der Waals surface area contributed by atoms with Gasteiger partial charge < -0.3 is 15.4 Å². The maximum absolute atomic E-state index is 13.0. The first-order valence-electron chi connectivity index (χ1n) is 9.99. The summed E-state index contributed by atoms with van der Waals surface area (Å²) in [5.74, 6) is 0.717. The normalized spacial score (nSPS) is 13.9. The summed E-state index contributed by atoms with van der Waals surface area (Å²) < 4.78 is 5.44. The second-order valence-electron chi connectivity index (χ2n) is 7.81. The van der Waals surface area contributed by atoms with E-state index in [0.29, 0.717) is 22.9 Å². The molecule has 0 saturated carbocycles. The molecule has 3 aromatic rings. The Balaban J connectivity index is 1.57. The van der Waals surface area contributed by atoms with Crippen molar-refractivity contribution in [2.75, 3.05) is 11.9 Å². The van der Waals surface area contributed by atoms with Gasteiger partial charge in [0.05, 0.1) is 11.7 Å². The highest BCUT2D eigenvalue weighted by Gasteiger charge is 2.21. The smallest absolute Gasteiger partial charge is 0.262 e. The zero-order valence-corrected chi connectivity index (χ0v) is 17.8. The first kappa shape index (κ1) is 20.2. The summed E-state index contributed by atoms with van der Waals surface area (Å²) in [4.78, 5) is 25.6. The van der Waals surface area contributed by atoms with E-state index in [9.17, 15) is 9.59 Å². The third-order valence-corrected chi connectivity index (χ3v) is 5.87. The van der Waals surface area contributed by atoms with Crippen LogP contribution in [0.25, 0.3) is 0 Å². The predicted octanol–water partition coefficient (Wildman–Crippen LogP) is 4.80. The van der Waals surface area contributed by atoms with Crippen LogP contribution in [-0.4, -0.2) is 18.4 Å². The Morgan fingerprint density at radius 1 is 1.17 bits per heavy atom. The van der Waals surface area contributed by atoms with Crippen molar-refractivity contribution in [3.8, 4) is 5.75 Å². The van der Waals surface area contributed by atoms with E-state index in [1.807, 2.05) is 17.5 Å². The molecule has 2 aromatic carbocycles. The maximum atomic E-state index is 13.0. The summed E-state index contributed by atoms with van der Waals surface area (Å²) >= 11 is 1.61. The molecular formula is C24H24N2O3S. The molecule has 0 spiro atoms. The molecule has 5 nitrogen and oxygen atoms in total. The number of benzene rings is 2. The number of ether oxygens (including phenoxy) is 1. The van der Waals surface area contributed by atoms with Gasteiger partial charge >= 0.3 is 0 Å². The van der Waals surface area contributed by atoms with Crippen molar-refractivity contribution in [1.82, 2.24) is 5.32 Å². The monoisotopic (exact) mass is 420 g/mol. The van der Waals surface area contributed by atoms with Gasteiger partial charge in [-0.2, -0.15) is 0 Å². The lowest BCUT2D eigenvalue weighted by molar-refractivity contribution is -0.118. The molecule has 0 fully saturated rings. The highest BCUT2D eigenvalue weighted by Crippen LogP contribution is 2.30. The van der Waals surface area contributed by atoms with E-state index in [1.165, 1.54) is 5.56 Å². The molecule has 1 atom stereocenters. The van der Waals surface area contributed by atoms with Crippen molar-refractivity contribution >= 4 is 28.8 Å². The number of rotatable bonds is 6. The molecule has 0 saturated heterocycles. The lowest BCUT2D eigenvalue weighted by Crippen LogP contribution is -2.29. The number of anilines is 1. The summed E-state index contributed by atoms with van der Waals surface area (Å²) in [5.41, 5.74) is 3.40. The zero-order valence-electron chi connectivity index (χ0n) is 17.0. The number of hydrogen-bond donors (Lipinski definition) is 2. The highest BCUT2D eigenvalue weighted by molar-refractivity contribution is 7.10. The molecule has 2 heterocycles. The number of nitrogens with one attached hydrogen (secondary N) is 2. The van der Waals surface area contributed by atoms with Gasteiger partial charge in [0, 0.05) is 10.4 Å². The van der Waals surface area contributed by atoms with E-state index in [4.69, 9.17) is 4.74 Å². The fourth-order valence-electron chi connectivity index (χ4n) is 3.52. The molecule has 2 N–H and O–H groups in total. The maximum Gasteiger partial charge on any atom is 0.262 e. The van der Waals surface area contributed by atoms with Crippen molar-refractivity contribution in [2.45, 2.75) is 26.3 Å². The number of fused-ring (bicyclic) bond motifs is 1. The molecule has 1 aliphatic rings. The highest BCUT2D eigenvalue weighted by atomic mass is 32.1. The van der Waals surface area contributed by atoms with Crippen LogP contribution in [-0.2, 0) is 11.2 Å². The number of thiophene rings is 1. The average Bonchev–Trinajstić information content (AvgIpc) is 3.26. The van der Waals surface area contributed by atoms with Gasteiger partial charge in [-0.1, -0.05) is 44.2 Å². The van der Waals surface area contributed by atoms with E-state index >= 15 is 0 Å². The van der Waals surface area contributed by atoms with Crippen molar-refractivity contribution < 1.29 is 14.3 Å². The molecule has 0 aliphatic carbocycles. The van der Waals surface area contributed by atoms with Crippen LogP contribution in [0.1, 0.15) is 46.3 Å². The van der Waals surface area contributed by atoms with Crippen molar-refractivity contribution in [3.05, 3.63) is 81.5 Å². The van der Waals surface area contributed by atoms with E-state index in [2.05, 4.69) is 48.7 Å². The summed E-state index contributed by atoms with van der Waals surface area (Å²) in [5, 5.41) is 7.91. The number of carbonyl (C=O) groups is 2. The third kappa shape index (κ3) is 4.54. The molecule has 1 unspecified atom stereocenters. The number of carbonyl (C=O) groups excluding carboxylic acids is 2. The van der Waals surface area contributed by atoms with Crippen LogP contribution in [0.5, 0.6) is 5.75 Å². The fourth-order valence-corrected chi connectivity index (χ4v) is 4.32. The minimum atomic E-state index is -0.234. The second-order valence-corrected chi connectivity index (χ2v) is 8.79. The molecule has 4 rings (SSSR count). The van der Waals surface area contributed by atoms with Gasteiger partial charge in [-0.15, -0.1) is 11.3 Å². The van der Waals surface area contributed by atoms with Crippen LogP contribution in [0.3, 0.4) is 0 Å². The average molecular weight is 421 g/mol. The Morgan fingerprint density at radius 3 is 2.67 bits per heavy atom. The zero-order chi connectivity index (χ0) is 21.1. The minimum Gasteiger partial charge on any atom is -0.482 e. The number of hydrogen-bond acceptors (Lipinski definition) is 4. The van der Waals surface area contributed by atoms with Gasteiger partial charge in [0.1, 0.15) is 5.75 Å². The van der Waals surface area contributed by atoms with Crippen LogP contribution in [0.2, 0.25) is 0 Å². The second kappa shape index (κ2) is 8.71. The fraction of sp³-hybridized carbons (Fsp3) is 0.250. The van der Waals surface area contributed by atoms with E-state index in [1.54, 1.807) is 29.5 Å². The predicted molar refractivity (Wildman–Crippen MR) is 119 cm³/mol. The van der Waals surface area contributed by atoms with Gasteiger partial charge in [-0.05, 0) is 53.1 Å². The molecule has 1 aliphatic heterocycles. The summed E-state index contributed by atoms with van der Waals surface area (Å²) in [7, 11) is 0. The van der Waals surface area contributed by atoms with Crippen LogP contribution < -0.4 is 15.4 Å². The first-order chi connectivity index (χ1) is 14.5. The van der Waals surface area contributed by atoms with Crippen LogP contribution >= 0.6 is 11.3 Å². The van der Waals surface area contributed by atoms with Crippen LogP contribution in [0.4, 0.5) is 5.69 Å². The Kier molecular flexibility index (Phi) is 5.86. The molecule has 2 amide bonds. The molecule has 154 valence electrons. The molecule has 6 heteroatoms. The van der Waals surface area contributed by atoms with Crippen LogP contribution in [0, 0.1) is 5.92 Å². The Morgan fingerprint density at radius 2 is 1.97 bits per heavy atom. The Hall–Kier alpha value is -3.12. The Bertz CT molecular complexity index is 1040. The van der Waals surface area contributed by atoms with Crippen molar-refractivity contribution in [2.24, 2.45) is 5.92 Å². The summed E-state index contributed by atoms with van der Waals surface area (Å²) in [6.45, 7) is 4.37. The molecule has 0 radical (unpaired) electrons. The standard InChI is InChI=1S/C24H24N2O3S/c1-15(2)12-16-5-7-17(8-6-16)23(21-4-3-11-30-21)26-24(28)18-9-10-19-20(13-18)29-14-22(27)25-19/h3-11,13,15,23H,12,14H2,1-2H3,(H,25,27)(H,26,28). The van der Waals surface area contributed by atoms with Crippen molar-refractivity contribution in [1.29, 1.82) is 0 Å². The van der Waals surface area contributed by atoms with Gasteiger partial charge in [-0.3, -0.25) is 9.59 Å². The lowest BCUT2D eigenvalue weighted by atomic mass is 9.98. The molecule has 30 heavy (non-hydrogen) atoms. The first-order valence-corrected chi connectivity index (χ1v) is 10.9. The van der Waals surface area contributed by atoms with Gasteiger partial charge in [0.15, 0.2) is 6.61 Å². The lowest BCUT2D eigenvalue weighted by Gasteiger charge is -2.21. The molecule has 1 aromatic heterocycles. The number of amides is 2. The van der Waals surface area contributed by atoms with Crippen LogP contribution in [0.15, 0.2) is 60.0 Å². The van der Waals surface area contributed by atoms with E-state index in [0.717, 1.165) is 16.9 Å². The van der Waals surface area contributed by atoms with Gasteiger partial charge in [0.25, 0.3) is 11.8 Å². The largest absolute Gasteiger partial charge is 0.482 e. The molecular weight excluding hydrogens is 396 g/mol. The molecule has 0 bridgehead atoms. The minimum absolute atomic E-state index is 0.0430. The quantitative estimate of drug-likeness (QED) is 0.602. The van der Waals surface area contributed by atoms with Gasteiger partial charge in [0.2, 0.25) is 0 Å².